The van der Waals surface area contributed by atoms with Crippen molar-refractivity contribution in [1.29, 1.82) is 0 Å². The van der Waals surface area contributed by atoms with Crippen LogP contribution in [0.15, 0.2) is 17.2 Å². The van der Waals surface area contributed by atoms with Crippen LogP contribution in [0.25, 0.3) is 0 Å². The molecule has 1 aromatic heterocycles. The fourth-order valence-corrected chi connectivity index (χ4v) is 1.70. The third-order valence-corrected chi connectivity index (χ3v) is 2.78. The lowest BCUT2D eigenvalue weighted by molar-refractivity contribution is 0.0690. The summed E-state index contributed by atoms with van der Waals surface area (Å²) in [5, 5.41) is 18.0. The van der Waals surface area contributed by atoms with E-state index in [0.717, 1.165) is 0 Å². The van der Waals surface area contributed by atoms with Crippen molar-refractivity contribution in [3.8, 4) is 0 Å². The highest BCUT2D eigenvalue weighted by atomic mass is 32.2. The highest BCUT2D eigenvalue weighted by molar-refractivity contribution is 8.00. The van der Waals surface area contributed by atoms with Crippen LogP contribution in [0.4, 0.5) is 5.69 Å². The molecule has 0 amide bonds. The summed E-state index contributed by atoms with van der Waals surface area (Å²) in [6, 6.07) is 2.86. The maximum absolute atomic E-state index is 10.7. The molecule has 82 valence electrons. The molecule has 1 atom stereocenters. The van der Waals surface area contributed by atoms with Gasteiger partial charge in [0.2, 0.25) is 0 Å². The Hall–Kier alpha value is -1.27. The lowest BCUT2D eigenvalue weighted by atomic mass is 10.3. The van der Waals surface area contributed by atoms with Gasteiger partial charge in [0.1, 0.15) is 10.7 Å². The Balaban J connectivity index is 2.95. The molecular formula is C9H12N2O3S. The molecule has 1 unspecified atom stereocenters. The highest BCUT2D eigenvalue weighted by Gasteiger charge is 2.11. The first-order chi connectivity index (χ1) is 7.04. The Morgan fingerprint density at radius 3 is 2.87 bits per heavy atom. The van der Waals surface area contributed by atoms with Gasteiger partial charge in [-0.3, -0.25) is 0 Å². The van der Waals surface area contributed by atoms with E-state index in [2.05, 4.69) is 4.98 Å². The summed E-state index contributed by atoms with van der Waals surface area (Å²) in [5.74, 6) is -1.09. The highest BCUT2D eigenvalue weighted by Crippen LogP contribution is 2.26. The standard InChI is InChI=1S/C9H12N2O3S/c1-5(4-12)15-8-6(10)2-3-7(11-8)9(13)14/h2-3,5,12H,4,10H2,1H3,(H,13,14). The summed E-state index contributed by atoms with van der Waals surface area (Å²) in [6.07, 6.45) is 0. The number of nitrogens with two attached hydrogens (primary N) is 1. The fourth-order valence-electron chi connectivity index (χ4n) is 0.893. The van der Waals surface area contributed by atoms with Crippen molar-refractivity contribution in [1.82, 2.24) is 4.98 Å². The first-order valence-corrected chi connectivity index (χ1v) is 5.20. The molecule has 1 aromatic rings. The smallest absolute Gasteiger partial charge is 0.354 e. The largest absolute Gasteiger partial charge is 0.477 e. The van der Waals surface area contributed by atoms with E-state index in [1.807, 2.05) is 0 Å². The fraction of sp³-hybridized carbons (Fsp3) is 0.333. The molecular weight excluding hydrogens is 216 g/mol. The van der Waals surface area contributed by atoms with Crippen molar-refractivity contribution in [2.45, 2.75) is 17.2 Å². The van der Waals surface area contributed by atoms with E-state index in [0.29, 0.717) is 10.7 Å². The monoisotopic (exact) mass is 228 g/mol. The van der Waals surface area contributed by atoms with Crippen LogP contribution in [-0.4, -0.2) is 33.0 Å². The minimum absolute atomic E-state index is 0.0108. The van der Waals surface area contributed by atoms with Crippen molar-refractivity contribution >= 4 is 23.4 Å². The van der Waals surface area contributed by atoms with Crippen LogP contribution in [0.5, 0.6) is 0 Å². The summed E-state index contributed by atoms with van der Waals surface area (Å²) in [5.41, 5.74) is 6.01. The third-order valence-electron chi connectivity index (χ3n) is 1.68. The quantitative estimate of drug-likeness (QED) is 0.661. The molecule has 0 radical (unpaired) electrons. The predicted octanol–water partition coefficient (Wildman–Crippen LogP) is 0.835. The molecule has 1 heterocycles. The Bertz CT molecular complexity index is 370. The van der Waals surface area contributed by atoms with Gasteiger partial charge < -0.3 is 15.9 Å². The molecule has 0 saturated carbocycles. The number of hydrogen-bond acceptors (Lipinski definition) is 5. The molecule has 0 saturated heterocycles. The number of aliphatic hydroxyl groups is 1. The van der Waals surface area contributed by atoms with Crippen LogP contribution in [0.2, 0.25) is 0 Å². The van der Waals surface area contributed by atoms with E-state index in [1.165, 1.54) is 23.9 Å². The van der Waals surface area contributed by atoms with Gasteiger partial charge in [-0.05, 0) is 12.1 Å². The summed E-state index contributed by atoms with van der Waals surface area (Å²) >= 11 is 1.25. The number of carboxylic acid groups (broad SMARTS) is 1. The molecule has 4 N–H and O–H groups in total. The number of hydrogen-bond donors (Lipinski definition) is 3. The van der Waals surface area contributed by atoms with Gasteiger partial charge in [0.15, 0.2) is 0 Å². The summed E-state index contributed by atoms with van der Waals surface area (Å²) in [6.45, 7) is 1.79. The molecule has 6 heteroatoms. The zero-order valence-corrected chi connectivity index (χ0v) is 8.99. The van der Waals surface area contributed by atoms with E-state index in [4.69, 9.17) is 15.9 Å². The Kier molecular flexibility index (Phi) is 3.93. The zero-order valence-electron chi connectivity index (χ0n) is 8.17. The molecule has 0 aliphatic rings. The lowest BCUT2D eigenvalue weighted by Gasteiger charge is -2.09. The lowest BCUT2D eigenvalue weighted by Crippen LogP contribution is -2.07. The second-order valence-corrected chi connectivity index (χ2v) is 4.43. The van der Waals surface area contributed by atoms with Gasteiger partial charge in [0.25, 0.3) is 0 Å². The second kappa shape index (κ2) is 4.99. The average molecular weight is 228 g/mol. The van der Waals surface area contributed by atoms with Crippen molar-refractivity contribution in [3.05, 3.63) is 17.8 Å². The number of carboxylic acids is 1. The van der Waals surface area contributed by atoms with Crippen LogP contribution in [0.3, 0.4) is 0 Å². The molecule has 0 spiro atoms. The van der Waals surface area contributed by atoms with Crippen LogP contribution in [0, 0.1) is 0 Å². The Morgan fingerprint density at radius 2 is 2.33 bits per heavy atom. The Morgan fingerprint density at radius 1 is 1.67 bits per heavy atom. The van der Waals surface area contributed by atoms with Gasteiger partial charge in [-0.1, -0.05) is 18.7 Å². The van der Waals surface area contributed by atoms with Crippen molar-refractivity contribution in [2.24, 2.45) is 0 Å². The van der Waals surface area contributed by atoms with Crippen LogP contribution in [0.1, 0.15) is 17.4 Å². The van der Waals surface area contributed by atoms with E-state index in [1.54, 1.807) is 6.92 Å². The molecule has 15 heavy (non-hydrogen) atoms. The summed E-state index contributed by atoms with van der Waals surface area (Å²) < 4.78 is 0. The molecule has 5 nitrogen and oxygen atoms in total. The molecule has 1 rings (SSSR count). The van der Waals surface area contributed by atoms with Gasteiger partial charge in [-0.25, -0.2) is 9.78 Å². The number of rotatable bonds is 4. The molecule has 0 aliphatic carbocycles. The Labute approximate surface area is 91.3 Å². The number of carbonyl (C=O) groups is 1. The number of thioether (sulfide) groups is 1. The SMILES string of the molecule is CC(CO)Sc1nc(C(=O)O)ccc1N. The first-order valence-electron chi connectivity index (χ1n) is 4.32. The number of nitrogens with zero attached hydrogens (tertiary/aromatic N) is 1. The van der Waals surface area contributed by atoms with Crippen molar-refractivity contribution < 1.29 is 15.0 Å². The van der Waals surface area contributed by atoms with E-state index in [9.17, 15) is 4.79 Å². The van der Waals surface area contributed by atoms with Gasteiger partial charge in [0, 0.05) is 5.25 Å². The zero-order chi connectivity index (χ0) is 11.4. The van der Waals surface area contributed by atoms with Crippen molar-refractivity contribution in [2.75, 3.05) is 12.3 Å². The van der Waals surface area contributed by atoms with Crippen LogP contribution >= 0.6 is 11.8 Å². The van der Waals surface area contributed by atoms with Gasteiger partial charge in [-0.2, -0.15) is 0 Å². The van der Waals surface area contributed by atoms with Gasteiger partial charge in [-0.15, -0.1) is 0 Å². The summed E-state index contributed by atoms with van der Waals surface area (Å²) in [4.78, 5) is 14.5. The van der Waals surface area contributed by atoms with Crippen LogP contribution < -0.4 is 5.73 Å². The summed E-state index contributed by atoms with van der Waals surface area (Å²) in [7, 11) is 0. The number of aliphatic hydroxyl groups excluding tert-OH is 1. The van der Waals surface area contributed by atoms with Gasteiger partial charge >= 0.3 is 5.97 Å². The van der Waals surface area contributed by atoms with E-state index in [-0.39, 0.29) is 17.6 Å². The predicted molar refractivity (Wildman–Crippen MR) is 58.0 cm³/mol. The number of nitrogen functional groups attached to an aromatic ring is 1. The number of anilines is 1. The number of pyridine rings is 1. The molecule has 0 aromatic carbocycles. The average Bonchev–Trinajstić information content (AvgIpc) is 2.20. The van der Waals surface area contributed by atoms with E-state index >= 15 is 0 Å². The maximum atomic E-state index is 10.7. The van der Waals surface area contributed by atoms with Crippen LogP contribution in [-0.2, 0) is 0 Å². The normalized spacial score (nSPS) is 12.4. The van der Waals surface area contributed by atoms with Gasteiger partial charge in [0.05, 0.1) is 12.3 Å². The minimum Gasteiger partial charge on any atom is -0.477 e. The second-order valence-electron chi connectivity index (χ2n) is 3.01. The first kappa shape index (κ1) is 11.8. The topological polar surface area (TPSA) is 96.4 Å². The molecule has 0 fully saturated rings. The molecule has 0 bridgehead atoms. The third kappa shape index (κ3) is 3.10. The van der Waals surface area contributed by atoms with Crippen molar-refractivity contribution in [3.63, 3.8) is 0 Å². The maximum Gasteiger partial charge on any atom is 0.354 e. The van der Waals surface area contributed by atoms with E-state index < -0.39 is 5.97 Å². The number of aromatic carboxylic acids is 1. The molecule has 0 aliphatic heterocycles. The minimum atomic E-state index is -1.09. The number of aromatic nitrogens is 1.